The first-order chi connectivity index (χ1) is 9.21. The van der Waals surface area contributed by atoms with Gasteiger partial charge in [0.2, 0.25) is 0 Å². The van der Waals surface area contributed by atoms with Crippen LogP contribution in [0.25, 0.3) is 0 Å². The molecule has 0 atom stereocenters. The fourth-order valence-electron chi connectivity index (χ4n) is 3.17. The Balaban J connectivity index is 1.84. The summed E-state index contributed by atoms with van der Waals surface area (Å²) in [6, 6.07) is 2.18. The Bertz CT molecular complexity index is 372. The van der Waals surface area contributed by atoms with Gasteiger partial charge in [0.05, 0.1) is 12.8 Å². The number of piperidine rings is 1. The van der Waals surface area contributed by atoms with Crippen molar-refractivity contribution in [1.82, 2.24) is 10.2 Å². The molecule has 1 saturated heterocycles. The van der Waals surface area contributed by atoms with Gasteiger partial charge < -0.3 is 9.73 Å². The summed E-state index contributed by atoms with van der Waals surface area (Å²) in [6.45, 7) is 8.96. The van der Waals surface area contributed by atoms with Crippen molar-refractivity contribution in [3.63, 3.8) is 0 Å². The summed E-state index contributed by atoms with van der Waals surface area (Å²) in [6.07, 6.45) is 7.20. The highest BCUT2D eigenvalue weighted by atomic mass is 16.3. The molecule has 2 rings (SSSR count). The minimum absolute atomic E-state index is 0.608. The first kappa shape index (κ1) is 14.6. The van der Waals surface area contributed by atoms with Gasteiger partial charge in [0, 0.05) is 12.1 Å². The van der Waals surface area contributed by atoms with E-state index in [0.29, 0.717) is 5.41 Å². The lowest BCUT2D eigenvalue weighted by molar-refractivity contribution is 0.0863. The van der Waals surface area contributed by atoms with E-state index in [1.807, 2.05) is 13.3 Å². The molecule has 1 aromatic rings. The number of nitrogens with one attached hydrogen (secondary N) is 1. The Labute approximate surface area is 117 Å². The minimum atomic E-state index is 0.608. The van der Waals surface area contributed by atoms with Gasteiger partial charge in [-0.1, -0.05) is 26.7 Å². The number of hydrogen-bond donors (Lipinski definition) is 1. The van der Waals surface area contributed by atoms with E-state index in [2.05, 4.69) is 30.1 Å². The Morgan fingerprint density at radius 3 is 2.53 bits per heavy atom. The summed E-state index contributed by atoms with van der Waals surface area (Å²) in [5, 5.41) is 3.15. The first-order valence-electron chi connectivity index (χ1n) is 7.64. The molecule has 0 spiro atoms. The van der Waals surface area contributed by atoms with Crippen molar-refractivity contribution in [2.75, 3.05) is 20.1 Å². The van der Waals surface area contributed by atoms with Crippen molar-refractivity contribution in [2.45, 2.75) is 52.6 Å². The zero-order valence-electron chi connectivity index (χ0n) is 12.7. The molecule has 0 unspecified atom stereocenters. The van der Waals surface area contributed by atoms with Crippen LogP contribution in [-0.2, 0) is 13.1 Å². The van der Waals surface area contributed by atoms with Gasteiger partial charge in [-0.15, -0.1) is 0 Å². The third kappa shape index (κ3) is 3.61. The van der Waals surface area contributed by atoms with Crippen LogP contribution in [0.3, 0.4) is 0 Å². The van der Waals surface area contributed by atoms with Crippen LogP contribution in [0.5, 0.6) is 0 Å². The fraction of sp³-hybridized carbons (Fsp3) is 0.750. The standard InChI is InChI=1S/C16H28N2O/c1-4-16(5-2)6-8-18(9-7-16)12-15-10-14(11-17-3)13-19-15/h10,13,17H,4-9,11-12H2,1-3H3. The second-order valence-electron chi connectivity index (χ2n) is 5.93. The van der Waals surface area contributed by atoms with Crippen LogP contribution in [0.1, 0.15) is 50.9 Å². The maximum Gasteiger partial charge on any atom is 0.118 e. The lowest BCUT2D eigenvalue weighted by Gasteiger charge is -2.40. The lowest BCUT2D eigenvalue weighted by Crippen LogP contribution is -2.39. The molecule has 1 fully saturated rings. The van der Waals surface area contributed by atoms with Crippen molar-refractivity contribution < 1.29 is 4.42 Å². The highest BCUT2D eigenvalue weighted by molar-refractivity contribution is 5.12. The summed E-state index contributed by atoms with van der Waals surface area (Å²) in [5.74, 6) is 1.10. The smallest absolute Gasteiger partial charge is 0.118 e. The maximum absolute atomic E-state index is 5.64. The number of likely N-dealkylation sites (tertiary alicyclic amines) is 1. The Morgan fingerprint density at radius 2 is 1.95 bits per heavy atom. The molecule has 0 aliphatic carbocycles. The van der Waals surface area contributed by atoms with Gasteiger partial charge in [0.25, 0.3) is 0 Å². The quantitative estimate of drug-likeness (QED) is 0.853. The van der Waals surface area contributed by atoms with Gasteiger partial charge >= 0.3 is 0 Å². The van der Waals surface area contributed by atoms with Crippen molar-refractivity contribution in [2.24, 2.45) is 5.41 Å². The normalized spacial score (nSPS) is 19.7. The number of nitrogens with zero attached hydrogens (tertiary/aromatic N) is 1. The van der Waals surface area contributed by atoms with Crippen LogP contribution >= 0.6 is 0 Å². The molecule has 1 aliphatic heterocycles. The molecule has 1 aromatic heterocycles. The van der Waals surface area contributed by atoms with Crippen LogP contribution in [0.2, 0.25) is 0 Å². The number of rotatable bonds is 6. The van der Waals surface area contributed by atoms with Gasteiger partial charge in [-0.05, 0) is 44.5 Å². The molecule has 0 aromatic carbocycles. The molecule has 0 amide bonds. The van der Waals surface area contributed by atoms with Crippen LogP contribution < -0.4 is 5.32 Å². The van der Waals surface area contributed by atoms with Gasteiger partial charge in [-0.2, -0.15) is 0 Å². The molecule has 0 radical (unpaired) electrons. The zero-order chi connectivity index (χ0) is 13.7. The summed E-state index contributed by atoms with van der Waals surface area (Å²) >= 11 is 0. The molecular weight excluding hydrogens is 236 g/mol. The van der Waals surface area contributed by atoms with Crippen LogP contribution in [-0.4, -0.2) is 25.0 Å². The van der Waals surface area contributed by atoms with E-state index in [9.17, 15) is 0 Å². The second-order valence-corrected chi connectivity index (χ2v) is 5.93. The van der Waals surface area contributed by atoms with Gasteiger partial charge in [-0.3, -0.25) is 4.90 Å². The van der Waals surface area contributed by atoms with Crippen molar-refractivity contribution >= 4 is 0 Å². The second kappa shape index (κ2) is 6.58. The SMILES string of the molecule is CCC1(CC)CCN(Cc2cc(CNC)co2)CC1. The van der Waals surface area contributed by atoms with Crippen LogP contribution in [0.4, 0.5) is 0 Å². The van der Waals surface area contributed by atoms with E-state index in [1.54, 1.807) is 0 Å². The highest BCUT2D eigenvalue weighted by Crippen LogP contribution is 2.38. The van der Waals surface area contributed by atoms with Crippen molar-refractivity contribution in [1.29, 1.82) is 0 Å². The Hall–Kier alpha value is -0.800. The summed E-state index contributed by atoms with van der Waals surface area (Å²) in [5.41, 5.74) is 1.85. The van der Waals surface area contributed by atoms with E-state index in [4.69, 9.17) is 4.42 Å². The van der Waals surface area contributed by atoms with Crippen LogP contribution in [0.15, 0.2) is 16.7 Å². The molecule has 3 nitrogen and oxygen atoms in total. The maximum atomic E-state index is 5.64. The van der Waals surface area contributed by atoms with E-state index < -0.39 is 0 Å². The topological polar surface area (TPSA) is 28.4 Å². The van der Waals surface area contributed by atoms with E-state index in [1.165, 1.54) is 44.3 Å². The molecule has 108 valence electrons. The molecule has 1 aliphatic rings. The average Bonchev–Trinajstić information content (AvgIpc) is 2.88. The summed E-state index contributed by atoms with van der Waals surface area (Å²) in [4.78, 5) is 2.53. The van der Waals surface area contributed by atoms with Crippen molar-refractivity contribution in [3.8, 4) is 0 Å². The lowest BCUT2D eigenvalue weighted by atomic mass is 9.74. The number of hydrogen-bond acceptors (Lipinski definition) is 3. The molecule has 2 heterocycles. The fourth-order valence-corrected chi connectivity index (χ4v) is 3.17. The van der Waals surface area contributed by atoms with E-state index in [0.717, 1.165) is 18.8 Å². The molecule has 0 saturated carbocycles. The third-order valence-corrected chi connectivity index (χ3v) is 4.89. The molecule has 3 heteroatoms. The monoisotopic (exact) mass is 264 g/mol. The highest BCUT2D eigenvalue weighted by Gasteiger charge is 2.31. The molecule has 19 heavy (non-hydrogen) atoms. The Morgan fingerprint density at radius 1 is 1.26 bits per heavy atom. The van der Waals surface area contributed by atoms with E-state index in [-0.39, 0.29) is 0 Å². The minimum Gasteiger partial charge on any atom is -0.468 e. The van der Waals surface area contributed by atoms with Gasteiger partial charge in [-0.25, -0.2) is 0 Å². The number of furan rings is 1. The summed E-state index contributed by atoms with van der Waals surface area (Å²) in [7, 11) is 1.96. The average molecular weight is 264 g/mol. The van der Waals surface area contributed by atoms with Gasteiger partial charge in [0.1, 0.15) is 5.76 Å². The Kier molecular flexibility index (Phi) is 5.06. The van der Waals surface area contributed by atoms with E-state index >= 15 is 0 Å². The molecule has 1 N–H and O–H groups in total. The van der Waals surface area contributed by atoms with Crippen LogP contribution in [0, 0.1) is 5.41 Å². The molecule has 0 bridgehead atoms. The molecular formula is C16H28N2O. The predicted octanol–water partition coefficient (Wildman–Crippen LogP) is 3.40. The third-order valence-electron chi connectivity index (χ3n) is 4.89. The van der Waals surface area contributed by atoms with Gasteiger partial charge in [0.15, 0.2) is 0 Å². The largest absolute Gasteiger partial charge is 0.468 e. The predicted molar refractivity (Wildman–Crippen MR) is 79.0 cm³/mol. The zero-order valence-corrected chi connectivity index (χ0v) is 12.7. The summed E-state index contributed by atoms with van der Waals surface area (Å²) < 4.78 is 5.64. The first-order valence-corrected chi connectivity index (χ1v) is 7.64. The van der Waals surface area contributed by atoms with Crippen molar-refractivity contribution in [3.05, 3.63) is 23.7 Å².